The van der Waals surface area contributed by atoms with Crippen LogP contribution in [0.4, 0.5) is 0 Å². The van der Waals surface area contributed by atoms with Gasteiger partial charge in [-0.15, -0.1) is 0 Å². The lowest BCUT2D eigenvalue weighted by atomic mass is 10.0. The molecule has 0 saturated carbocycles. The van der Waals surface area contributed by atoms with Gasteiger partial charge in [-0.3, -0.25) is 0 Å². The molecule has 1 aliphatic heterocycles. The van der Waals surface area contributed by atoms with Crippen LogP contribution in [0.1, 0.15) is 22.9 Å². The van der Waals surface area contributed by atoms with Crippen LogP contribution in [0.5, 0.6) is 0 Å². The van der Waals surface area contributed by atoms with Crippen molar-refractivity contribution in [3.63, 3.8) is 0 Å². The van der Waals surface area contributed by atoms with Crippen LogP contribution >= 0.6 is 0 Å². The van der Waals surface area contributed by atoms with Gasteiger partial charge in [0.15, 0.2) is 5.84 Å². The number of furan rings is 1. The van der Waals surface area contributed by atoms with Crippen molar-refractivity contribution in [1.29, 1.82) is 0 Å². The van der Waals surface area contributed by atoms with Crippen LogP contribution in [0.25, 0.3) is 82.8 Å². The predicted molar refractivity (Wildman–Crippen MR) is 256 cm³/mol. The number of hydrogen-bond acceptors (Lipinski definition) is 4. The number of hydrogen-bond donors (Lipinski definition) is 1. The summed E-state index contributed by atoms with van der Waals surface area (Å²) in [6.07, 6.45) is -0.348. The van der Waals surface area contributed by atoms with Crippen molar-refractivity contribution in [2.75, 3.05) is 0 Å². The molecule has 3 heterocycles. The van der Waals surface area contributed by atoms with E-state index in [9.17, 15) is 0 Å². The Morgan fingerprint density at radius 1 is 0.403 bits per heavy atom. The summed E-state index contributed by atoms with van der Waals surface area (Å²) in [5.74, 6) is 1.42. The van der Waals surface area contributed by atoms with Gasteiger partial charge >= 0.3 is 0 Å². The second kappa shape index (κ2) is 14.8. The summed E-state index contributed by atoms with van der Waals surface area (Å²) in [6, 6.07) is 77.0. The molecule has 0 aliphatic carbocycles. The fraction of sp³-hybridized carbons (Fsp3) is 0.0175. The number of aliphatic imine (C=N–C) groups is 2. The lowest BCUT2D eigenvalue weighted by Crippen LogP contribution is -2.33. The molecule has 1 aliphatic rings. The molecular weight excluding hydrogens is 757 g/mol. The Balaban J connectivity index is 0.993. The minimum atomic E-state index is -0.348. The summed E-state index contributed by atoms with van der Waals surface area (Å²) in [5, 5.41) is 8.19. The van der Waals surface area contributed by atoms with E-state index < -0.39 is 0 Å². The molecule has 62 heavy (non-hydrogen) atoms. The van der Waals surface area contributed by atoms with Crippen molar-refractivity contribution in [2.45, 2.75) is 6.17 Å². The first-order chi connectivity index (χ1) is 30.7. The molecule has 5 heteroatoms. The van der Waals surface area contributed by atoms with Gasteiger partial charge in [0.1, 0.15) is 23.2 Å². The van der Waals surface area contributed by atoms with Gasteiger partial charge in [0.05, 0.1) is 22.1 Å². The van der Waals surface area contributed by atoms with Crippen molar-refractivity contribution in [3.05, 3.63) is 235 Å². The van der Waals surface area contributed by atoms with Gasteiger partial charge in [-0.05, 0) is 93.5 Å². The molecule has 0 saturated heterocycles. The molecule has 292 valence electrons. The van der Waals surface area contributed by atoms with E-state index in [-0.39, 0.29) is 6.17 Å². The number of benzene rings is 9. The Labute approximate surface area is 358 Å². The lowest BCUT2D eigenvalue weighted by Gasteiger charge is -2.24. The molecule has 1 N–H and O–H groups in total. The van der Waals surface area contributed by atoms with E-state index in [1.807, 2.05) is 24.3 Å². The van der Waals surface area contributed by atoms with E-state index in [4.69, 9.17) is 14.4 Å². The number of nitrogens with zero attached hydrogens (tertiary/aromatic N) is 3. The smallest absolute Gasteiger partial charge is 0.159 e. The van der Waals surface area contributed by atoms with Gasteiger partial charge in [-0.1, -0.05) is 164 Å². The molecule has 1 atom stereocenters. The third-order valence-electron chi connectivity index (χ3n) is 12.1. The van der Waals surface area contributed by atoms with E-state index in [0.717, 1.165) is 72.3 Å². The first kappa shape index (κ1) is 35.6. The fourth-order valence-electron chi connectivity index (χ4n) is 9.05. The number of aromatic nitrogens is 1. The van der Waals surface area contributed by atoms with Crippen LogP contribution in [-0.2, 0) is 0 Å². The molecule has 11 aromatic rings. The summed E-state index contributed by atoms with van der Waals surface area (Å²) in [6.45, 7) is 0. The molecule has 5 nitrogen and oxygen atoms in total. The molecular formula is C57H38N4O. The Morgan fingerprint density at radius 3 is 1.55 bits per heavy atom. The van der Waals surface area contributed by atoms with Gasteiger partial charge < -0.3 is 14.3 Å². The maximum absolute atomic E-state index is 6.76. The van der Waals surface area contributed by atoms with Crippen molar-refractivity contribution in [2.24, 2.45) is 9.98 Å². The maximum atomic E-state index is 6.76. The summed E-state index contributed by atoms with van der Waals surface area (Å²) in [4.78, 5) is 10.3. The SMILES string of the molecule is c1ccc(C2=NC(c3cccc(-c4ccccc4)c3)NC(c3ccc4c(c3)oc3cccc(-n5c6ccc(-c7ccccc7)cc6c6cc(-c7ccccc7)ccc65)c34)=N2)cc1. The van der Waals surface area contributed by atoms with Gasteiger partial charge in [0.2, 0.25) is 0 Å². The molecule has 1 unspecified atom stereocenters. The molecule has 9 aromatic carbocycles. The van der Waals surface area contributed by atoms with Crippen LogP contribution in [0.3, 0.4) is 0 Å². The highest BCUT2D eigenvalue weighted by molar-refractivity contribution is 6.18. The molecule has 0 amide bonds. The lowest BCUT2D eigenvalue weighted by molar-refractivity contribution is 0.666. The largest absolute Gasteiger partial charge is 0.456 e. The zero-order valence-electron chi connectivity index (χ0n) is 33.6. The molecule has 12 rings (SSSR count). The molecule has 2 aromatic heterocycles. The van der Waals surface area contributed by atoms with Crippen molar-refractivity contribution >= 4 is 55.4 Å². The minimum Gasteiger partial charge on any atom is -0.456 e. The monoisotopic (exact) mass is 794 g/mol. The molecule has 0 fully saturated rings. The van der Waals surface area contributed by atoms with E-state index in [2.05, 4.69) is 204 Å². The first-order valence-electron chi connectivity index (χ1n) is 21.0. The highest BCUT2D eigenvalue weighted by atomic mass is 16.3. The topological polar surface area (TPSA) is 54.8 Å². The Morgan fingerprint density at radius 2 is 0.935 bits per heavy atom. The van der Waals surface area contributed by atoms with Crippen molar-refractivity contribution < 1.29 is 4.42 Å². The van der Waals surface area contributed by atoms with E-state index in [1.165, 1.54) is 33.0 Å². The summed E-state index contributed by atoms with van der Waals surface area (Å²) in [5.41, 5.74) is 15.0. The van der Waals surface area contributed by atoms with Crippen LogP contribution in [0.2, 0.25) is 0 Å². The van der Waals surface area contributed by atoms with Gasteiger partial charge in [-0.2, -0.15) is 0 Å². The van der Waals surface area contributed by atoms with Crippen LogP contribution in [0, 0.1) is 0 Å². The summed E-state index contributed by atoms with van der Waals surface area (Å²) < 4.78 is 9.17. The highest BCUT2D eigenvalue weighted by Crippen LogP contribution is 2.41. The standard InChI is InChI=1S/C57H38N4O/c1-5-15-37(16-6-1)41-23-13-24-44(33-41)56-58-55(40-21-11-4-12-22-40)59-57(60-56)45-27-30-46-53(36-45)62-52-26-14-25-51(54(46)52)61-49-31-28-42(38-17-7-2-8-18-38)34-47(49)48-35-43(29-32-50(48)61)39-19-9-3-10-20-39/h1-36,56H,(H,58,59,60). The van der Waals surface area contributed by atoms with E-state index in [0.29, 0.717) is 5.84 Å². The summed E-state index contributed by atoms with van der Waals surface area (Å²) in [7, 11) is 0. The number of rotatable bonds is 7. The number of fused-ring (bicyclic) bond motifs is 6. The molecule has 0 radical (unpaired) electrons. The molecule has 0 bridgehead atoms. The zero-order valence-corrected chi connectivity index (χ0v) is 33.6. The third kappa shape index (κ3) is 6.18. The number of amidine groups is 2. The van der Waals surface area contributed by atoms with Gasteiger partial charge in [0, 0.05) is 27.3 Å². The average molecular weight is 795 g/mol. The Hall–Kier alpha value is -8.28. The Bertz CT molecular complexity index is 3430. The molecule has 0 spiro atoms. The second-order valence-electron chi connectivity index (χ2n) is 15.8. The minimum absolute atomic E-state index is 0.348. The van der Waals surface area contributed by atoms with Crippen LogP contribution in [0.15, 0.2) is 233 Å². The first-order valence-corrected chi connectivity index (χ1v) is 21.0. The van der Waals surface area contributed by atoms with Gasteiger partial charge in [-0.25, -0.2) is 9.98 Å². The summed E-state index contributed by atoms with van der Waals surface area (Å²) >= 11 is 0. The normalized spacial score (nSPS) is 14.0. The van der Waals surface area contributed by atoms with Crippen LogP contribution in [-0.4, -0.2) is 16.2 Å². The van der Waals surface area contributed by atoms with Gasteiger partial charge in [0.25, 0.3) is 0 Å². The maximum Gasteiger partial charge on any atom is 0.159 e. The predicted octanol–water partition coefficient (Wildman–Crippen LogP) is 14.2. The number of nitrogens with one attached hydrogen (secondary N) is 1. The Kier molecular flexibility index (Phi) is 8.49. The quantitative estimate of drug-likeness (QED) is 0.175. The van der Waals surface area contributed by atoms with E-state index >= 15 is 0 Å². The average Bonchev–Trinajstić information content (AvgIpc) is 3.90. The van der Waals surface area contributed by atoms with E-state index in [1.54, 1.807) is 0 Å². The third-order valence-corrected chi connectivity index (χ3v) is 12.1. The van der Waals surface area contributed by atoms with Crippen LogP contribution < -0.4 is 5.32 Å². The fourth-order valence-corrected chi connectivity index (χ4v) is 9.05. The highest BCUT2D eigenvalue weighted by Gasteiger charge is 2.24. The second-order valence-corrected chi connectivity index (χ2v) is 15.8. The van der Waals surface area contributed by atoms with Crippen molar-refractivity contribution in [3.8, 4) is 39.1 Å². The zero-order chi connectivity index (χ0) is 41.0. The van der Waals surface area contributed by atoms with Crippen molar-refractivity contribution in [1.82, 2.24) is 9.88 Å².